The van der Waals surface area contributed by atoms with Crippen molar-refractivity contribution in [1.82, 2.24) is 20.2 Å². The number of carbonyl (C=O) groups is 2. The summed E-state index contributed by atoms with van der Waals surface area (Å²) in [6.07, 6.45) is 0. The highest BCUT2D eigenvalue weighted by Gasteiger charge is 2.18. The van der Waals surface area contributed by atoms with Crippen molar-refractivity contribution in [2.24, 2.45) is 0 Å². The Labute approximate surface area is 166 Å². The first-order valence-corrected chi connectivity index (χ1v) is 9.11. The predicted octanol–water partition coefficient (Wildman–Crippen LogP) is 2.19. The third-order valence-electron chi connectivity index (χ3n) is 4.54. The number of amides is 2. The van der Waals surface area contributed by atoms with Gasteiger partial charge in [-0.15, -0.1) is 0 Å². The molecule has 1 atom stereocenters. The second-order valence-corrected chi connectivity index (χ2v) is 6.59. The number of carbonyl (C=O) groups excluding carboxylic acids is 2. The van der Waals surface area contributed by atoms with Gasteiger partial charge >= 0.3 is 0 Å². The fourth-order valence-electron chi connectivity index (χ4n) is 3.03. The number of aromatic nitrogens is 2. The van der Waals surface area contributed by atoms with Crippen LogP contribution in [0, 0.1) is 17.0 Å². The first kappa shape index (κ1) is 20.0. The average Bonchev–Trinajstić information content (AvgIpc) is 3.03. The molecule has 0 saturated carbocycles. The zero-order chi connectivity index (χ0) is 21.0. The summed E-state index contributed by atoms with van der Waals surface area (Å²) in [6.45, 7) is 4.38. The molecule has 1 heterocycles. The molecule has 29 heavy (non-hydrogen) atoms. The Bertz CT molecular complexity index is 1080. The molecule has 0 aliphatic carbocycles. The number of non-ortho nitro benzene ring substituents is 1. The number of hydrogen-bond acceptors (Lipinski definition) is 5. The van der Waals surface area contributed by atoms with Gasteiger partial charge in [-0.3, -0.25) is 19.7 Å². The van der Waals surface area contributed by atoms with Crippen molar-refractivity contribution in [3.63, 3.8) is 0 Å². The Morgan fingerprint density at radius 2 is 1.97 bits per heavy atom. The first-order valence-electron chi connectivity index (χ1n) is 9.11. The van der Waals surface area contributed by atoms with Crippen LogP contribution in [0.5, 0.6) is 0 Å². The van der Waals surface area contributed by atoms with Gasteiger partial charge in [0.05, 0.1) is 16.0 Å². The fraction of sp³-hybridized carbons (Fsp3) is 0.250. The van der Waals surface area contributed by atoms with E-state index in [4.69, 9.17) is 0 Å². The van der Waals surface area contributed by atoms with E-state index >= 15 is 0 Å². The smallest absolute Gasteiger partial charge is 0.270 e. The number of imidazole rings is 1. The van der Waals surface area contributed by atoms with Crippen LogP contribution in [0.1, 0.15) is 23.1 Å². The number of rotatable bonds is 7. The van der Waals surface area contributed by atoms with Gasteiger partial charge in [0.15, 0.2) is 0 Å². The Balaban J connectivity index is 1.55. The van der Waals surface area contributed by atoms with Crippen LogP contribution in [0.4, 0.5) is 5.69 Å². The first-order chi connectivity index (χ1) is 13.9. The van der Waals surface area contributed by atoms with Crippen LogP contribution in [-0.2, 0) is 11.3 Å². The monoisotopic (exact) mass is 395 g/mol. The predicted molar refractivity (Wildman–Crippen MR) is 108 cm³/mol. The van der Waals surface area contributed by atoms with Crippen molar-refractivity contribution in [1.29, 1.82) is 0 Å². The second kappa shape index (κ2) is 8.51. The van der Waals surface area contributed by atoms with Crippen LogP contribution in [0.2, 0.25) is 0 Å². The standard InChI is InChI=1S/C20H21N5O4/c1-13(22-20(27)15-6-5-7-16(12-15)25(28)29)19(26)21-10-11-24-14(2)23-17-8-3-4-9-18(17)24/h3-9,12-13H,10-11H2,1-2H3,(H,21,26)(H,22,27)/t13-/m0/s1. The minimum absolute atomic E-state index is 0.124. The van der Waals surface area contributed by atoms with E-state index in [1.54, 1.807) is 6.92 Å². The summed E-state index contributed by atoms with van der Waals surface area (Å²) in [4.78, 5) is 39.3. The van der Waals surface area contributed by atoms with Gasteiger partial charge in [-0.25, -0.2) is 4.98 Å². The lowest BCUT2D eigenvalue weighted by Crippen LogP contribution is -2.45. The van der Waals surface area contributed by atoms with E-state index in [1.807, 2.05) is 35.8 Å². The molecule has 9 nitrogen and oxygen atoms in total. The van der Waals surface area contributed by atoms with Crippen molar-refractivity contribution >= 4 is 28.5 Å². The number of nitro benzene ring substituents is 1. The van der Waals surface area contributed by atoms with Crippen molar-refractivity contribution in [2.45, 2.75) is 26.4 Å². The van der Waals surface area contributed by atoms with Crippen molar-refractivity contribution in [3.8, 4) is 0 Å². The molecule has 0 saturated heterocycles. The molecule has 2 aromatic carbocycles. The lowest BCUT2D eigenvalue weighted by atomic mass is 10.1. The summed E-state index contributed by atoms with van der Waals surface area (Å²) in [5.41, 5.74) is 1.83. The molecule has 0 bridgehead atoms. The molecule has 9 heteroatoms. The Morgan fingerprint density at radius 1 is 1.21 bits per heavy atom. The molecule has 0 aliphatic rings. The number of nitro groups is 1. The van der Waals surface area contributed by atoms with Gasteiger partial charge in [0.2, 0.25) is 5.91 Å². The number of benzene rings is 2. The maximum Gasteiger partial charge on any atom is 0.270 e. The number of nitrogens with one attached hydrogen (secondary N) is 2. The van der Waals surface area contributed by atoms with Crippen molar-refractivity contribution in [2.75, 3.05) is 6.54 Å². The molecule has 0 aliphatic heterocycles. The lowest BCUT2D eigenvalue weighted by molar-refractivity contribution is -0.384. The highest BCUT2D eigenvalue weighted by atomic mass is 16.6. The van der Waals surface area contributed by atoms with E-state index in [0.29, 0.717) is 13.1 Å². The molecule has 3 aromatic rings. The highest BCUT2D eigenvalue weighted by Crippen LogP contribution is 2.15. The summed E-state index contributed by atoms with van der Waals surface area (Å²) in [5.74, 6) is -0.0360. The van der Waals surface area contributed by atoms with E-state index in [2.05, 4.69) is 15.6 Å². The quantitative estimate of drug-likeness (QED) is 0.469. The number of hydrogen-bond donors (Lipinski definition) is 2. The zero-order valence-corrected chi connectivity index (χ0v) is 16.1. The van der Waals surface area contributed by atoms with Gasteiger partial charge in [0.25, 0.3) is 11.6 Å². The van der Waals surface area contributed by atoms with E-state index in [1.165, 1.54) is 24.3 Å². The third-order valence-corrected chi connectivity index (χ3v) is 4.54. The number of nitrogens with zero attached hydrogens (tertiary/aromatic N) is 3. The number of aryl methyl sites for hydroxylation is 1. The van der Waals surface area contributed by atoms with Crippen LogP contribution >= 0.6 is 0 Å². The Hall–Kier alpha value is -3.75. The van der Waals surface area contributed by atoms with Crippen LogP contribution in [0.15, 0.2) is 48.5 Å². The normalized spacial score (nSPS) is 11.8. The van der Waals surface area contributed by atoms with Gasteiger partial charge in [-0.1, -0.05) is 18.2 Å². The van der Waals surface area contributed by atoms with Crippen LogP contribution in [-0.4, -0.2) is 38.9 Å². The van der Waals surface area contributed by atoms with Gasteiger partial charge in [0, 0.05) is 30.8 Å². The summed E-state index contributed by atoms with van der Waals surface area (Å²) >= 11 is 0. The minimum atomic E-state index is -0.789. The molecule has 150 valence electrons. The van der Waals surface area contributed by atoms with E-state index in [-0.39, 0.29) is 17.2 Å². The Morgan fingerprint density at radius 3 is 2.72 bits per heavy atom. The van der Waals surface area contributed by atoms with Crippen LogP contribution < -0.4 is 10.6 Å². The average molecular weight is 395 g/mol. The van der Waals surface area contributed by atoms with E-state index < -0.39 is 16.9 Å². The molecule has 2 N–H and O–H groups in total. The molecular formula is C20H21N5O4. The van der Waals surface area contributed by atoms with Crippen molar-refractivity contribution < 1.29 is 14.5 Å². The molecule has 0 radical (unpaired) electrons. The van der Waals surface area contributed by atoms with Crippen LogP contribution in [0.25, 0.3) is 11.0 Å². The van der Waals surface area contributed by atoms with Crippen molar-refractivity contribution in [3.05, 3.63) is 70.0 Å². The molecule has 3 rings (SSSR count). The molecule has 2 amide bonds. The van der Waals surface area contributed by atoms with Crippen LogP contribution in [0.3, 0.4) is 0 Å². The maximum absolute atomic E-state index is 12.3. The molecule has 1 aromatic heterocycles. The summed E-state index contributed by atoms with van der Waals surface area (Å²) in [6, 6.07) is 12.3. The summed E-state index contributed by atoms with van der Waals surface area (Å²) < 4.78 is 2.02. The van der Waals surface area contributed by atoms with Gasteiger partial charge in [-0.2, -0.15) is 0 Å². The van der Waals surface area contributed by atoms with Gasteiger partial charge in [0.1, 0.15) is 11.9 Å². The van der Waals surface area contributed by atoms with Gasteiger partial charge in [-0.05, 0) is 32.0 Å². The van der Waals surface area contributed by atoms with Gasteiger partial charge < -0.3 is 15.2 Å². The maximum atomic E-state index is 12.3. The SMILES string of the molecule is Cc1nc2ccccc2n1CCNC(=O)[C@H](C)NC(=O)c1cccc([N+](=O)[O-])c1. The molecular weight excluding hydrogens is 374 g/mol. The molecule has 0 spiro atoms. The summed E-state index contributed by atoms with van der Waals surface area (Å²) in [5, 5.41) is 16.2. The fourth-order valence-corrected chi connectivity index (χ4v) is 3.03. The van der Waals surface area contributed by atoms with E-state index in [0.717, 1.165) is 16.9 Å². The number of fused-ring (bicyclic) bond motifs is 1. The highest BCUT2D eigenvalue weighted by molar-refractivity contribution is 5.97. The van der Waals surface area contributed by atoms with E-state index in [9.17, 15) is 19.7 Å². The summed E-state index contributed by atoms with van der Waals surface area (Å²) in [7, 11) is 0. The molecule has 0 fully saturated rings. The largest absolute Gasteiger partial charge is 0.353 e. The third kappa shape index (κ3) is 4.57. The zero-order valence-electron chi connectivity index (χ0n) is 16.1. The lowest BCUT2D eigenvalue weighted by Gasteiger charge is -2.15. The topological polar surface area (TPSA) is 119 Å². The molecule has 0 unspecified atom stereocenters. The minimum Gasteiger partial charge on any atom is -0.353 e. The number of para-hydroxylation sites is 2. The Kier molecular flexibility index (Phi) is 5.87. The second-order valence-electron chi connectivity index (χ2n) is 6.59.